The van der Waals surface area contributed by atoms with Crippen LogP contribution in [0.1, 0.15) is 10.4 Å². The summed E-state index contributed by atoms with van der Waals surface area (Å²) in [5.74, 6) is -0.302. The molecule has 0 fully saturated rings. The minimum absolute atomic E-state index is 0.290. The standard InChI is InChI=1S/C9H9N3O4S/c1-10-8(13)5-2-3-6-7(4-5)12-9(11-6)17(14,15)16/h2-4H,1H3,(H,10,13)(H,11,12)(H,14,15,16). The Morgan fingerprint density at radius 3 is 2.76 bits per heavy atom. The van der Waals surface area contributed by atoms with Crippen LogP contribution >= 0.6 is 0 Å². The zero-order valence-corrected chi connectivity index (χ0v) is 9.58. The topological polar surface area (TPSA) is 112 Å². The average molecular weight is 255 g/mol. The summed E-state index contributed by atoms with van der Waals surface area (Å²) in [4.78, 5) is 17.5. The molecule has 0 bridgehead atoms. The molecule has 1 heterocycles. The Labute approximate surface area is 96.6 Å². The third kappa shape index (κ3) is 2.12. The molecule has 7 nitrogen and oxygen atoms in total. The highest BCUT2D eigenvalue weighted by molar-refractivity contribution is 7.85. The number of rotatable bonds is 2. The molecule has 1 amide bonds. The van der Waals surface area contributed by atoms with Crippen molar-refractivity contribution in [1.82, 2.24) is 15.3 Å². The number of H-pyrrole nitrogens is 1. The Bertz CT molecular complexity index is 689. The second-order valence-electron chi connectivity index (χ2n) is 3.33. The number of aromatic nitrogens is 2. The van der Waals surface area contributed by atoms with Crippen molar-refractivity contribution in [3.05, 3.63) is 23.8 Å². The first-order valence-electron chi connectivity index (χ1n) is 4.61. The minimum atomic E-state index is -4.37. The molecule has 90 valence electrons. The van der Waals surface area contributed by atoms with E-state index in [0.29, 0.717) is 16.6 Å². The van der Waals surface area contributed by atoms with Gasteiger partial charge in [0.25, 0.3) is 11.1 Å². The van der Waals surface area contributed by atoms with Crippen LogP contribution in [0.3, 0.4) is 0 Å². The highest BCUT2D eigenvalue weighted by Gasteiger charge is 2.15. The summed E-state index contributed by atoms with van der Waals surface area (Å²) in [5, 5.41) is 1.90. The molecule has 0 aliphatic carbocycles. The number of hydrogen-bond donors (Lipinski definition) is 3. The molecule has 0 aliphatic rings. The fourth-order valence-corrected chi connectivity index (χ4v) is 1.84. The summed E-state index contributed by atoms with van der Waals surface area (Å²) in [7, 11) is -2.88. The van der Waals surface area contributed by atoms with Crippen LogP contribution in [-0.2, 0) is 10.1 Å². The van der Waals surface area contributed by atoms with Crippen molar-refractivity contribution in [1.29, 1.82) is 0 Å². The lowest BCUT2D eigenvalue weighted by molar-refractivity contribution is 0.0963. The Balaban J connectivity index is 2.60. The molecule has 0 atom stereocenters. The molecular weight excluding hydrogens is 246 g/mol. The van der Waals surface area contributed by atoms with Crippen LogP contribution in [0.4, 0.5) is 0 Å². The van der Waals surface area contributed by atoms with Gasteiger partial charge in [-0.1, -0.05) is 0 Å². The SMILES string of the molecule is CNC(=O)c1ccc2[nH]c(S(=O)(=O)O)nc2c1. The molecule has 3 N–H and O–H groups in total. The lowest BCUT2D eigenvalue weighted by atomic mass is 10.2. The van der Waals surface area contributed by atoms with Gasteiger partial charge in [0.15, 0.2) is 0 Å². The van der Waals surface area contributed by atoms with Gasteiger partial charge >= 0.3 is 10.1 Å². The zero-order chi connectivity index (χ0) is 12.6. The van der Waals surface area contributed by atoms with E-state index >= 15 is 0 Å². The number of benzene rings is 1. The monoisotopic (exact) mass is 255 g/mol. The maximum Gasteiger partial charge on any atom is 0.328 e. The summed E-state index contributed by atoms with van der Waals surface area (Å²) in [6, 6.07) is 4.47. The molecule has 1 aromatic carbocycles. The largest absolute Gasteiger partial charge is 0.355 e. The van der Waals surface area contributed by atoms with Gasteiger partial charge in [0.05, 0.1) is 11.0 Å². The number of carbonyl (C=O) groups excluding carboxylic acids is 1. The van der Waals surface area contributed by atoms with Crippen LogP contribution in [0.5, 0.6) is 0 Å². The number of nitrogens with zero attached hydrogens (tertiary/aromatic N) is 1. The van der Waals surface area contributed by atoms with E-state index in [4.69, 9.17) is 4.55 Å². The van der Waals surface area contributed by atoms with Gasteiger partial charge in [-0.15, -0.1) is 0 Å². The smallest absolute Gasteiger partial charge is 0.328 e. The maximum atomic E-state index is 11.3. The second-order valence-corrected chi connectivity index (χ2v) is 4.66. The Morgan fingerprint density at radius 2 is 2.18 bits per heavy atom. The normalized spacial score (nSPS) is 11.6. The number of imidazole rings is 1. The van der Waals surface area contributed by atoms with Crippen molar-refractivity contribution in [3.63, 3.8) is 0 Å². The van der Waals surface area contributed by atoms with E-state index in [1.807, 2.05) is 0 Å². The fraction of sp³-hybridized carbons (Fsp3) is 0.111. The van der Waals surface area contributed by atoms with E-state index < -0.39 is 15.3 Å². The van der Waals surface area contributed by atoms with Crippen LogP contribution in [0, 0.1) is 0 Å². The lowest BCUT2D eigenvalue weighted by Crippen LogP contribution is -2.17. The molecule has 8 heteroatoms. The zero-order valence-electron chi connectivity index (χ0n) is 8.76. The van der Waals surface area contributed by atoms with E-state index in [-0.39, 0.29) is 5.91 Å². The van der Waals surface area contributed by atoms with Gasteiger partial charge in [0, 0.05) is 12.6 Å². The van der Waals surface area contributed by atoms with Crippen molar-refractivity contribution in [2.24, 2.45) is 0 Å². The number of fused-ring (bicyclic) bond motifs is 1. The second kappa shape index (κ2) is 3.82. The van der Waals surface area contributed by atoms with Crippen molar-refractivity contribution in [2.45, 2.75) is 5.16 Å². The third-order valence-corrected chi connectivity index (χ3v) is 2.88. The fourth-order valence-electron chi connectivity index (χ4n) is 1.39. The summed E-state index contributed by atoms with van der Waals surface area (Å²) in [5.41, 5.74) is 1.07. The first-order valence-corrected chi connectivity index (χ1v) is 6.05. The summed E-state index contributed by atoms with van der Waals surface area (Å²) >= 11 is 0. The maximum absolute atomic E-state index is 11.3. The van der Waals surface area contributed by atoms with E-state index in [2.05, 4.69) is 15.3 Å². The molecule has 0 aliphatic heterocycles. The van der Waals surface area contributed by atoms with Crippen LogP contribution in [0.2, 0.25) is 0 Å². The number of hydrogen-bond acceptors (Lipinski definition) is 4. The van der Waals surface area contributed by atoms with Crippen LogP contribution in [0.25, 0.3) is 11.0 Å². The van der Waals surface area contributed by atoms with E-state index in [1.54, 1.807) is 0 Å². The first-order chi connectivity index (χ1) is 7.91. The molecule has 0 unspecified atom stereocenters. The van der Waals surface area contributed by atoms with Gasteiger partial charge in [-0.2, -0.15) is 8.42 Å². The van der Waals surface area contributed by atoms with Crippen LogP contribution in [0.15, 0.2) is 23.4 Å². The highest BCUT2D eigenvalue weighted by atomic mass is 32.2. The Hall–Kier alpha value is -1.93. The van der Waals surface area contributed by atoms with Gasteiger partial charge in [-0.25, -0.2) is 4.98 Å². The minimum Gasteiger partial charge on any atom is -0.355 e. The van der Waals surface area contributed by atoms with E-state index in [1.165, 1.54) is 25.2 Å². The third-order valence-electron chi connectivity index (χ3n) is 2.19. The molecule has 2 rings (SSSR count). The van der Waals surface area contributed by atoms with Gasteiger partial charge < -0.3 is 10.3 Å². The first kappa shape index (κ1) is 11.6. The van der Waals surface area contributed by atoms with Crippen molar-refractivity contribution >= 4 is 27.1 Å². The van der Waals surface area contributed by atoms with Gasteiger partial charge in [0.1, 0.15) is 0 Å². The van der Waals surface area contributed by atoms with Crippen LogP contribution in [-0.4, -0.2) is 35.9 Å². The van der Waals surface area contributed by atoms with Crippen molar-refractivity contribution < 1.29 is 17.8 Å². The van der Waals surface area contributed by atoms with Crippen LogP contribution < -0.4 is 5.32 Å². The highest BCUT2D eigenvalue weighted by Crippen LogP contribution is 2.16. The Kier molecular flexibility index (Phi) is 2.60. The molecule has 0 radical (unpaired) electrons. The number of amides is 1. The van der Waals surface area contributed by atoms with E-state index in [9.17, 15) is 13.2 Å². The van der Waals surface area contributed by atoms with Crippen molar-refractivity contribution in [2.75, 3.05) is 7.05 Å². The molecule has 0 saturated carbocycles. The van der Waals surface area contributed by atoms with Gasteiger partial charge in [0.2, 0.25) is 0 Å². The average Bonchev–Trinajstić information content (AvgIpc) is 2.70. The molecule has 17 heavy (non-hydrogen) atoms. The lowest BCUT2D eigenvalue weighted by Gasteiger charge is -1.97. The number of aromatic amines is 1. The van der Waals surface area contributed by atoms with Gasteiger partial charge in [-0.05, 0) is 18.2 Å². The number of nitrogens with one attached hydrogen (secondary N) is 2. The summed E-state index contributed by atoms with van der Waals surface area (Å²) < 4.78 is 30.5. The predicted octanol–water partition coefficient (Wildman–Crippen LogP) is 0.169. The van der Waals surface area contributed by atoms with Gasteiger partial charge in [-0.3, -0.25) is 9.35 Å². The predicted molar refractivity (Wildman–Crippen MR) is 59.3 cm³/mol. The summed E-state index contributed by atoms with van der Waals surface area (Å²) in [6.45, 7) is 0. The van der Waals surface area contributed by atoms with E-state index in [0.717, 1.165) is 0 Å². The molecule has 2 aromatic rings. The Morgan fingerprint density at radius 1 is 1.47 bits per heavy atom. The summed E-state index contributed by atoms with van der Waals surface area (Å²) in [6.07, 6.45) is 0. The number of carbonyl (C=O) groups is 1. The quantitative estimate of drug-likeness (QED) is 0.662. The van der Waals surface area contributed by atoms with Crippen molar-refractivity contribution in [3.8, 4) is 0 Å². The molecule has 0 spiro atoms. The molecule has 0 saturated heterocycles. The molecular formula is C9H9N3O4S. The molecule has 1 aromatic heterocycles.